The molecule has 1 unspecified atom stereocenters. The molecule has 2 amide bonds. The number of rotatable bonds is 2. The number of carboxylic acid groups (broad SMARTS) is 1. The largest absolute Gasteiger partial charge is 0.481 e. The number of carbonyl (C=O) groups excluding carboxylic acids is 1. The van der Waals surface area contributed by atoms with Crippen LogP contribution in [0, 0.1) is 12.8 Å². The maximum Gasteiger partial charge on any atom is 0.324 e. The van der Waals surface area contributed by atoms with Gasteiger partial charge in [0.1, 0.15) is 0 Å². The Bertz CT molecular complexity index is 533. The van der Waals surface area contributed by atoms with E-state index in [1.165, 1.54) is 9.80 Å². The molecule has 1 atom stereocenters. The molecule has 5 nitrogen and oxygen atoms in total. The third-order valence-corrected chi connectivity index (χ3v) is 3.75. The smallest absolute Gasteiger partial charge is 0.324 e. The molecule has 0 aromatic heterocycles. The third-order valence-electron chi connectivity index (χ3n) is 3.25. The molecule has 0 saturated carbocycles. The zero-order valence-corrected chi connectivity index (χ0v) is 12.3. The monoisotopic (exact) mass is 326 g/mol. The van der Waals surface area contributed by atoms with Crippen molar-refractivity contribution >= 4 is 33.6 Å². The summed E-state index contributed by atoms with van der Waals surface area (Å²) in [5, 5.41) is 9.15. The highest BCUT2D eigenvalue weighted by atomic mass is 79.9. The fourth-order valence-corrected chi connectivity index (χ4v) is 2.73. The van der Waals surface area contributed by atoms with Gasteiger partial charge in [0.05, 0.1) is 5.92 Å². The summed E-state index contributed by atoms with van der Waals surface area (Å²) < 4.78 is 0.932. The van der Waals surface area contributed by atoms with Gasteiger partial charge in [0.25, 0.3) is 0 Å². The lowest BCUT2D eigenvalue weighted by atomic mass is 10.0. The number of halogens is 1. The molecule has 1 fully saturated rings. The summed E-state index contributed by atoms with van der Waals surface area (Å²) >= 11 is 3.37. The lowest BCUT2D eigenvalue weighted by Gasteiger charge is -2.37. The van der Waals surface area contributed by atoms with Crippen LogP contribution in [0.4, 0.5) is 10.5 Å². The Balaban J connectivity index is 2.35. The first-order chi connectivity index (χ1) is 8.90. The predicted molar refractivity (Wildman–Crippen MR) is 75.4 cm³/mol. The van der Waals surface area contributed by atoms with Crippen LogP contribution in [0.25, 0.3) is 0 Å². The zero-order chi connectivity index (χ0) is 14.2. The van der Waals surface area contributed by atoms with Crippen LogP contribution in [0.2, 0.25) is 0 Å². The third kappa shape index (κ3) is 2.73. The average molecular weight is 327 g/mol. The lowest BCUT2D eigenvalue weighted by molar-refractivity contribution is -0.142. The summed E-state index contributed by atoms with van der Waals surface area (Å²) in [5.41, 5.74) is 1.69. The number of carbonyl (C=O) groups is 2. The van der Waals surface area contributed by atoms with Crippen LogP contribution >= 0.6 is 15.9 Å². The van der Waals surface area contributed by atoms with Gasteiger partial charge in [-0.2, -0.15) is 0 Å². The number of aryl methyl sites for hydroxylation is 1. The van der Waals surface area contributed by atoms with Crippen LogP contribution < -0.4 is 4.90 Å². The molecule has 0 aliphatic carbocycles. The lowest BCUT2D eigenvalue weighted by Crippen LogP contribution is -2.54. The number of urea groups is 1. The van der Waals surface area contributed by atoms with Gasteiger partial charge in [0.15, 0.2) is 0 Å². The normalized spacial score (nSPS) is 19.7. The van der Waals surface area contributed by atoms with Crippen molar-refractivity contribution in [3.05, 3.63) is 28.2 Å². The topological polar surface area (TPSA) is 60.9 Å². The first-order valence-electron chi connectivity index (χ1n) is 5.91. The Labute approximate surface area is 119 Å². The van der Waals surface area contributed by atoms with Crippen molar-refractivity contribution < 1.29 is 14.7 Å². The zero-order valence-electron chi connectivity index (χ0n) is 10.8. The molecule has 1 aliphatic rings. The second-order valence-electron chi connectivity index (χ2n) is 4.74. The van der Waals surface area contributed by atoms with Crippen molar-refractivity contribution in [2.45, 2.75) is 6.92 Å². The van der Waals surface area contributed by atoms with E-state index in [2.05, 4.69) is 15.9 Å². The van der Waals surface area contributed by atoms with Gasteiger partial charge in [-0.05, 0) is 30.7 Å². The quantitative estimate of drug-likeness (QED) is 0.907. The Morgan fingerprint density at radius 2 is 2.11 bits per heavy atom. The average Bonchev–Trinajstić information content (AvgIpc) is 2.33. The number of aliphatic carboxylic acids is 1. The van der Waals surface area contributed by atoms with Crippen LogP contribution in [0.5, 0.6) is 0 Å². The number of anilines is 1. The maximum absolute atomic E-state index is 12.2. The summed E-state index contributed by atoms with van der Waals surface area (Å²) in [4.78, 5) is 26.3. The number of amides is 2. The number of hydrogen-bond donors (Lipinski definition) is 1. The van der Waals surface area contributed by atoms with Crippen molar-refractivity contribution in [1.82, 2.24) is 4.90 Å². The van der Waals surface area contributed by atoms with E-state index < -0.39 is 11.9 Å². The molecule has 1 aromatic carbocycles. The van der Waals surface area contributed by atoms with E-state index in [0.29, 0.717) is 0 Å². The SMILES string of the molecule is Cc1cc(Br)ccc1N1CC(C(=O)O)CN(C)C1=O. The molecular weight excluding hydrogens is 312 g/mol. The Hall–Kier alpha value is -1.56. The minimum Gasteiger partial charge on any atom is -0.481 e. The summed E-state index contributed by atoms with van der Waals surface area (Å²) in [7, 11) is 1.62. The number of nitrogens with zero attached hydrogens (tertiary/aromatic N) is 2. The molecule has 1 saturated heterocycles. The molecule has 2 rings (SSSR count). The van der Waals surface area contributed by atoms with Crippen molar-refractivity contribution in [3.8, 4) is 0 Å². The molecule has 102 valence electrons. The molecule has 1 N–H and O–H groups in total. The minimum absolute atomic E-state index is 0.164. The predicted octanol–water partition coefficient (Wildman–Crippen LogP) is 2.33. The van der Waals surface area contributed by atoms with Gasteiger partial charge in [-0.15, -0.1) is 0 Å². The van der Waals surface area contributed by atoms with E-state index in [0.717, 1.165) is 15.7 Å². The highest BCUT2D eigenvalue weighted by Crippen LogP contribution is 2.27. The van der Waals surface area contributed by atoms with Crippen LogP contribution in [0.3, 0.4) is 0 Å². The second kappa shape index (κ2) is 5.21. The van der Waals surface area contributed by atoms with Crippen LogP contribution in [0.15, 0.2) is 22.7 Å². The van der Waals surface area contributed by atoms with Gasteiger partial charge < -0.3 is 10.0 Å². The van der Waals surface area contributed by atoms with E-state index in [9.17, 15) is 9.59 Å². The fraction of sp³-hybridized carbons (Fsp3) is 0.385. The van der Waals surface area contributed by atoms with E-state index >= 15 is 0 Å². The molecule has 0 bridgehead atoms. The number of hydrogen-bond acceptors (Lipinski definition) is 2. The summed E-state index contributed by atoms with van der Waals surface area (Å²) in [5.74, 6) is -1.44. The fourth-order valence-electron chi connectivity index (χ4n) is 2.25. The van der Waals surface area contributed by atoms with Gasteiger partial charge >= 0.3 is 12.0 Å². The molecule has 1 aliphatic heterocycles. The summed E-state index contributed by atoms with van der Waals surface area (Å²) in [6, 6.07) is 5.42. The van der Waals surface area contributed by atoms with Crippen molar-refractivity contribution in [2.75, 3.05) is 25.0 Å². The number of carboxylic acids is 1. The highest BCUT2D eigenvalue weighted by Gasteiger charge is 2.34. The van der Waals surface area contributed by atoms with Crippen LogP contribution in [0.1, 0.15) is 5.56 Å². The first-order valence-corrected chi connectivity index (χ1v) is 6.71. The maximum atomic E-state index is 12.2. The first kappa shape index (κ1) is 13.9. The van der Waals surface area contributed by atoms with Gasteiger partial charge in [-0.3, -0.25) is 9.69 Å². The standard InChI is InChI=1S/C13H15BrN2O3/c1-8-5-10(14)3-4-11(8)16-7-9(12(17)18)6-15(2)13(16)19/h3-5,9H,6-7H2,1-2H3,(H,17,18). The molecule has 6 heteroatoms. The highest BCUT2D eigenvalue weighted by molar-refractivity contribution is 9.10. The van der Waals surface area contributed by atoms with Crippen molar-refractivity contribution in [1.29, 1.82) is 0 Å². The van der Waals surface area contributed by atoms with Gasteiger partial charge in [0.2, 0.25) is 0 Å². The van der Waals surface area contributed by atoms with Gasteiger partial charge in [0, 0.05) is 30.3 Å². The van der Waals surface area contributed by atoms with Crippen molar-refractivity contribution in [2.24, 2.45) is 5.92 Å². The molecule has 19 heavy (non-hydrogen) atoms. The molecule has 0 radical (unpaired) electrons. The Morgan fingerprint density at radius 3 is 2.68 bits per heavy atom. The molecule has 0 spiro atoms. The molecule has 1 heterocycles. The second-order valence-corrected chi connectivity index (χ2v) is 5.66. The number of benzene rings is 1. The van der Waals surface area contributed by atoms with E-state index in [-0.39, 0.29) is 19.1 Å². The van der Waals surface area contributed by atoms with Gasteiger partial charge in [-0.1, -0.05) is 15.9 Å². The Kier molecular flexibility index (Phi) is 3.80. The minimum atomic E-state index is -0.876. The van der Waals surface area contributed by atoms with E-state index in [4.69, 9.17) is 5.11 Å². The summed E-state index contributed by atoms with van der Waals surface area (Å²) in [6.07, 6.45) is 0. The molecular formula is C13H15BrN2O3. The molecule has 1 aromatic rings. The van der Waals surface area contributed by atoms with Crippen LogP contribution in [-0.2, 0) is 4.79 Å². The summed E-state index contributed by atoms with van der Waals surface area (Å²) in [6.45, 7) is 2.36. The van der Waals surface area contributed by atoms with E-state index in [1.54, 1.807) is 7.05 Å². The Morgan fingerprint density at radius 1 is 1.42 bits per heavy atom. The van der Waals surface area contributed by atoms with E-state index in [1.807, 2.05) is 25.1 Å². The van der Waals surface area contributed by atoms with Gasteiger partial charge in [-0.25, -0.2) is 4.79 Å². The van der Waals surface area contributed by atoms with Crippen molar-refractivity contribution in [3.63, 3.8) is 0 Å². The van der Waals surface area contributed by atoms with Crippen LogP contribution in [-0.4, -0.2) is 42.1 Å².